The van der Waals surface area contributed by atoms with Crippen LogP contribution in [0.5, 0.6) is 0 Å². The third-order valence-electron chi connectivity index (χ3n) is 1.97. The molecular formula is C10H17BrN4. The van der Waals surface area contributed by atoms with Crippen LogP contribution in [0.15, 0.2) is 17.0 Å². The molecule has 0 radical (unpaired) electrons. The minimum absolute atomic E-state index is 0.159. The van der Waals surface area contributed by atoms with Gasteiger partial charge in [-0.1, -0.05) is 13.8 Å². The average molecular weight is 273 g/mol. The van der Waals surface area contributed by atoms with E-state index in [9.17, 15) is 0 Å². The van der Waals surface area contributed by atoms with E-state index in [1.54, 1.807) is 6.20 Å². The molecule has 1 atom stereocenters. The topological polar surface area (TPSA) is 63.8 Å². The fourth-order valence-corrected chi connectivity index (χ4v) is 1.72. The first kappa shape index (κ1) is 12.4. The molecule has 0 aliphatic rings. The van der Waals surface area contributed by atoms with Crippen LogP contribution in [0.2, 0.25) is 0 Å². The Balaban J connectivity index is 2.40. The lowest BCUT2D eigenvalue weighted by atomic mass is 10.0. The van der Waals surface area contributed by atoms with E-state index in [0.717, 1.165) is 23.3 Å². The van der Waals surface area contributed by atoms with Crippen molar-refractivity contribution in [2.24, 2.45) is 11.7 Å². The maximum atomic E-state index is 5.95. The van der Waals surface area contributed by atoms with Crippen LogP contribution < -0.4 is 11.1 Å². The second kappa shape index (κ2) is 6.02. The zero-order valence-electron chi connectivity index (χ0n) is 9.07. The summed E-state index contributed by atoms with van der Waals surface area (Å²) in [7, 11) is 0. The van der Waals surface area contributed by atoms with Gasteiger partial charge in [0.1, 0.15) is 12.1 Å². The van der Waals surface area contributed by atoms with E-state index in [-0.39, 0.29) is 6.04 Å². The van der Waals surface area contributed by atoms with Crippen LogP contribution in [0.25, 0.3) is 0 Å². The normalized spacial score (nSPS) is 12.9. The second-order valence-electron chi connectivity index (χ2n) is 3.99. The number of aromatic nitrogens is 2. The summed E-state index contributed by atoms with van der Waals surface area (Å²) in [5.41, 5.74) is 5.95. The molecule has 84 valence electrons. The van der Waals surface area contributed by atoms with Gasteiger partial charge in [-0.2, -0.15) is 0 Å². The van der Waals surface area contributed by atoms with Gasteiger partial charge in [0.05, 0.1) is 4.47 Å². The van der Waals surface area contributed by atoms with Crippen LogP contribution in [0.3, 0.4) is 0 Å². The van der Waals surface area contributed by atoms with Crippen molar-refractivity contribution < 1.29 is 0 Å². The summed E-state index contributed by atoms with van der Waals surface area (Å²) >= 11 is 3.37. The zero-order chi connectivity index (χ0) is 11.3. The van der Waals surface area contributed by atoms with Gasteiger partial charge in [-0.15, -0.1) is 0 Å². The molecule has 1 unspecified atom stereocenters. The lowest BCUT2D eigenvalue weighted by Crippen LogP contribution is -2.30. The molecule has 0 amide bonds. The Morgan fingerprint density at radius 2 is 2.27 bits per heavy atom. The SMILES string of the molecule is CC(C)CC(N)CNc1ncncc1Br. The first-order valence-electron chi connectivity index (χ1n) is 5.04. The highest BCUT2D eigenvalue weighted by atomic mass is 79.9. The van der Waals surface area contributed by atoms with E-state index >= 15 is 0 Å². The predicted molar refractivity (Wildman–Crippen MR) is 65.7 cm³/mol. The van der Waals surface area contributed by atoms with Crippen molar-refractivity contribution in [2.45, 2.75) is 26.3 Å². The lowest BCUT2D eigenvalue weighted by Gasteiger charge is -2.15. The van der Waals surface area contributed by atoms with Gasteiger partial charge in [0.15, 0.2) is 0 Å². The smallest absolute Gasteiger partial charge is 0.143 e. The number of anilines is 1. The highest BCUT2D eigenvalue weighted by Crippen LogP contribution is 2.16. The molecule has 0 aliphatic heterocycles. The standard InChI is InChI=1S/C10H17BrN4/c1-7(2)3-8(12)4-14-10-9(11)5-13-6-15-10/h5-8H,3-4,12H2,1-2H3,(H,13,14,15). The van der Waals surface area contributed by atoms with Gasteiger partial charge in [-0.3, -0.25) is 0 Å². The number of hydrogen-bond acceptors (Lipinski definition) is 4. The Morgan fingerprint density at radius 3 is 2.87 bits per heavy atom. The fourth-order valence-electron chi connectivity index (χ4n) is 1.36. The van der Waals surface area contributed by atoms with E-state index in [2.05, 4.69) is 45.1 Å². The summed E-state index contributed by atoms with van der Waals surface area (Å²) in [6.07, 6.45) is 4.24. The minimum atomic E-state index is 0.159. The number of nitrogens with zero attached hydrogens (tertiary/aromatic N) is 2. The zero-order valence-corrected chi connectivity index (χ0v) is 10.7. The molecule has 1 aromatic heterocycles. The highest BCUT2D eigenvalue weighted by Gasteiger charge is 2.06. The van der Waals surface area contributed by atoms with Crippen LogP contribution in [0.4, 0.5) is 5.82 Å². The first-order valence-corrected chi connectivity index (χ1v) is 5.84. The fraction of sp³-hybridized carbons (Fsp3) is 0.600. The minimum Gasteiger partial charge on any atom is -0.367 e. The van der Waals surface area contributed by atoms with Crippen molar-refractivity contribution >= 4 is 21.7 Å². The molecule has 0 saturated carbocycles. The van der Waals surface area contributed by atoms with Crippen molar-refractivity contribution in [3.63, 3.8) is 0 Å². The maximum absolute atomic E-state index is 5.95. The molecule has 0 fully saturated rings. The second-order valence-corrected chi connectivity index (χ2v) is 4.84. The Hall–Kier alpha value is -0.680. The third kappa shape index (κ3) is 4.57. The van der Waals surface area contributed by atoms with Crippen LogP contribution in [0, 0.1) is 5.92 Å². The summed E-state index contributed by atoms with van der Waals surface area (Å²) in [5.74, 6) is 1.42. The summed E-state index contributed by atoms with van der Waals surface area (Å²) in [4.78, 5) is 8.00. The first-order chi connectivity index (χ1) is 7.09. The number of hydrogen-bond donors (Lipinski definition) is 2. The lowest BCUT2D eigenvalue weighted by molar-refractivity contribution is 0.508. The van der Waals surface area contributed by atoms with Crippen molar-refractivity contribution in [3.8, 4) is 0 Å². The Bertz CT molecular complexity index is 303. The van der Waals surface area contributed by atoms with Crippen LogP contribution in [-0.4, -0.2) is 22.6 Å². The molecule has 15 heavy (non-hydrogen) atoms. The van der Waals surface area contributed by atoms with Crippen molar-refractivity contribution in [1.82, 2.24) is 9.97 Å². The van der Waals surface area contributed by atoms with Gasteiger partial charge < -0.3 is 11.1 Å². The van der Waals surface area contributed by atoms with E-state index < -0.39 is 0 Å². The number of rotatable bonds is 5. The highest BCUT2D eigenvalue weighted by molar-refractivity contribution is 9.10. The maximum Gasteiger partial charge on any atom is 0.143 e. The molecule has 0 aliphatic carbocycles. The molecule has 0 aromatic carbocycles. The number of nitrogens with two attached hydrogens (primary N) is 1. The van der Waals surface area contributed by atoms with Crippen LogP contribution in [0.1, 0.15) is 20.3 Å². The van der Waals surface area contributed by atoms with Crippen molar-refractivity contribution in [3.05, 3.63) is 17.0 Å². The quantitative estimate of drug-likeness (QED) is 0.861. The van der Waals surface area contributed by atoms with Gasteiger partial charge in [-0.05, 0) is 28.3 Å². The predicted octanol–water partition coefficient (Wildman–Crippen LogP) is 2.02. The molecule has 5 heteroatoms. The average Bonchev–Trinajstić information content (AvgIpc) is 2.15. The Morgan fingerprint density at radius 1 is 1.53 bits per heavy atom. The molecule has 3 N–H and O–H groups in total. The van der Waals surface area contributed by atoms with Crippen LogP contribution in [-0.2, 0) is 0 Å². The van der Waals surface area contributed by atoms with E-state index in [1.807, 2.05) is 0 Å². The third-order valence-corrected chi connectivity index (χ3v) is 2.55. The van der Waals surface area contributed by atoms with Crippen LogP contribution >= 0.6 is 15.9 Å². The molecule has 1 aromatic rings. The molecule has 4 nitrogen and oxygen atoms in total. The van der Waals surface area contributed by atoms with Gasteiger partial charge in [0.2, 0.25) is 0 Å². The van der Waals surface area contributed by atoms with Gasteiger partial charge >= 0.3 is 0 Å². The summed E-state index contributed by atoms with van der Waals surface area (Å²) in [6.45, 7) is 5.06. The monoisotopic (exact) mass is 272 g/mol. The van der Waals surface area contributed by atoms with Crippen molar-refractivity contribution in [2.75, 3.05) is 11.9 Å². The summed E-state index contributed by atoms with van der Waals surface area (Å²) in [6, 6.07) is 0.159. The summed E-state index contributed by atoms with van der Waals surface area (Å²) < 4.78 is 0.863. The van der Waals surface area contributed by atoms with Gasteiger partial charge in [0, 0.05) is 18.8 Å². The molecular weight excluding hydrogens is 256 g/mol. The molecule has 0 spiro atoms. The van der Waals surface area contributed by atoms with Gasteiger partial charge in [-0.25, -0.2) is 9.97 Å². The molecule has 0 saturated heterocycles. The van der Waals surface area contributed by atoms with E-state index in [0.29, 0.717) is 5.92 Å². The molecule has 0 bridgehead atoms. The van der Waals surface area contributed by atoms with Crippen molar-refractivity contribution in [1.29, 1.82) is 0 Å². The largest absolute Gasteiger partial charge is 0.367 e. The summed E-state index contributed by atoms with van der Waals surface area (Å²) in [5, 5.41) is 3.20. The Labute approximate surface area is 98.8 Å². The van der Waals surface area contributed by atoms with Gasteiger partial charge in [0.25, 0.3) is 0 Å². The van der Waals surface area contributed by atoms with E-state index in [1.165, 1.54) is 6.33 Å². The number of nitrogens with one attached hydrogen (secondary N) is 1. The van der Waals surface area contributed by atoms with E-state index in [4.69, 9.17) is 5.73 Å². The molecule has 1 heterocycles. The molecule has 1 rings (SSSR count). The number of halogens is 1. The Kier molecular flexibility index (Phi) is 4.98.